The van der Waals surface area contributed by atoms with Crippen molar-refractivity contribution in [1.29, 1.82) is 0 Å². The molecule has 2 aromatic carbocycles. The van der Waals surface area contributed by atoms with Gasteiger partial charge in [0.15, 0.2) is 0 Å². The lowest BCUT2D eigenvalue weighted by Gasteiger charge is -2.42. The molecule has 2 N–H and O–H groups in total. The first kappa shape index (κ1) is 23.8. The van der Waals surface area contributed by atoms with E-state index in [4.69, 9.17) is 11.2 Å². The van der Waals surface area contributed by atoms with E-state index < -0.39 is 11.6 Å². The third kappa shape index (κ3) is 3.67. The van der Waals surface area contributed by atoms with Crippen molar-refractivity contribution in [3.63, 3.8) is 0 Å². The fraction of sp³-hybridized carbons (Fsp3) is 0.357. The van der Waals surface area contributed by atoms with Crippen LogP contribution in [-0.4, -0.2) is 75.6 Å². The van der Waals surface area contributed by atoms with Gasteiger partial charge >= 0.3 is 6.03 Å². The molecule has 0 aliphatic carbocycles. The molecule has 0 radical (unpaired) electrons. The molecule has 2 atom stereocenters. The SMILES string of the molecule is C#CCN(C)CCN1C(=O)N2C(c3cccc(O)c3)c3[nH]c4ccc(OCC)cc4c3C[C@@]2(C)C1=O. The van der Waals surface area contributed by atoms with Crippen molar-refractivity contribution in [3.8, 4) is 23.8 Å². The van der Waals surface area contributed by atoms with E-state index in [1.165, 1.54) is 4.90 Å². The summed E-state index contributed by atoms with van der Waals surface area (Å²) >= 11 is 0. The third-order valence-electron chi connectivity index (χ3n) is 7.20. The molecule has 8 nitrogen and oxygen atoms in total. The second kappa shape index (κ2) is 8.92. The molecule has 1 fully saturated rings. The number of benzene rings is 2. The normalized spacial score (nSPS) is 21.1. The first-order valence-corrected chi connectivity index (χ1v) is 12.1. The zero-order valence-electron chi connectivity index (χ0n) is 20.7. The highest BCUT2D eigenvalue weighted by Crippen LogP contribution is 2.49. The maximum Gasteiger partial charge on any atom is 0.328 e. The molecule has 1 unspecified atom stereocenters. The van der Waals surface area contributed by atoms with Gasteiger partial charge in [-0.05, 0) is 62.4 Å². The number of amides is 3. The van der Waals surface area contributed by atoms with Gasteiger partial charge < -0.3 is 14.8 Å². The number of likely N-dealkylation sites (N-methyl/N-ethyl adjacent to an activating group) is 1. The minimum absolute atomic E-state index is 0.0989. The van der Waals surface area contributed by atoms with Crippen LogP contribution in [0, 0.1) is 12.3 Å². The van der Waals surface area contributed by atoms with Crippen LogP contribution in [0.4, 0.5) is 4.79 Å². The van der Waals surface area contributed by atoms with Crippen LogP contribution in [0.15, 0.2) is 42.5 Å². The fourth-order valence-electron chi connectivity index (χ4n) is 5.49. The molecule has 3 heterocycles. The number of rotatable bonds is 7. The summed E-state index contributed by atoms with van der Waals surface area (Å²) in [6, 6.07) is 11.8. The van der Waals surface area contributed by atoms with Crippen molar-refractivity contribution < 1.29 is 19.4 Å². The predicted octanol–water partition coefficient (Wildman–Crippen LogP) is 3.51. The monoisotopic (exact) mass is 486 g/mol. The number of terminal acetylenes is 1. The van der Waals surface area contributed by atoms with Gasteiger partial charge in [0, 0.05) is 36.1 Å². The maximum absolute atomic E-state index is 13.8. The van der Waals surface area contributed by atoms with Gasteiger partial charge in [-0.1, -0.05) is 18.1 Å². The van der Waals surface area contributed by atoms with Gasteiger partial charge in [-0.2, -0.15) is 0 Å². The number of nitrogens with zero attached hydrogens (tertiary/aromatic N) is 3. The minimum atomic E-state index is -1.08. The zero-order valence-corrected chi connectivity index (χ0v) is 20.7. The number of hydrogen-bond donors (Lipinski definition) is 2. The second-order valence-electron chi connectivity index (χ2n) is 9.66. The number of aromatic amines is 1. The topological polar surface area (TPSA) is 89.1 Å². The van der Waals surface area contributed by atoms with Crippen LogP contribution >= 0.6 is 0 Å². The Morgan fingerprint density at radius 3 is 2.81 bits per heavy atom. The van der Waals surface area contributed by atoms with Crippen LogP contribution < -0.4 is 4.74 Å². The number of ether oxygens (including phenoxy) is 1. The first-order valence-electron chi connectivity index (χ1n) is 12.1. The quantitative estimate of drug-likeness (QED) is 0.394. The van der Waals surface area contributed by atoms with Gasteiger partial charge in [0.2, 0.25) is 0 Å². The van der Waals surface area contributed by atoms with Gasteiger partial charge in [-0.3, -0.25) is 19.5 Å². The van der Waals surface area contributed by atoms with Crippen molar-refractivity contribution in [2.75, 3.05) is 33.3 Å². The summed E-state index contributed by atoms with van der Waals surface area (Å²) < 4.78 is 5.74. The van der Waals surface area contributed by atoms with E-state index in [1.54, 1.807) is 23.1 Å². The third-order valence-corrected chi connectivity index (χ3v) is 7.20. The highest BCUT2D eigenvalue weighted by atomic mass is 16.5. The summed E-state index contributed by atoms with van der Waals surface area (Å²) in [5.41, 5.74) is 2.37. The van der Waals surface area contributed by atoms with E-state index in [1.807, 2.05) is 50.1 Å². The molecule has 186 valence electrons. The Labute approximate surface area is 210 Å². The fourth-order valence-corrected chi connectivity index (χ4v) is 5.49. The molecule has 0 saturated carbocycles. The number of carbonyl (C=O) groups excluding carboxylic acids is 2. The Balaban J connectivity index is 1.64. The predicted molar refractivity (Wildman–Crippen MR) is 137 cm³/mol. The molecular formula is C28H30N4O4. The van der Waals surface area contributed by atoms with Gasteiger partial charge in [-0.15, -0.1) is 6.42 Å². The van der Waals surface area contributed by atoms with Gasteiger partial charge in [0.25, 0.3) is 5.91 Å². The highest BCUT2D eigenvalue weighted by Gasteiger charge is 2.60. The molecule has 8 heteroatoms. The number of imide groups is 1. The van der Waals surface area contributed by atoms with E-state index in [9.17, 15) is 14.7 Å². The van der Waals surface area contributed by atoms with Gasteiger partial charge in [-0.25, -0.2) is 4.79 Å². The maximum atomic E-state index is 13.8. The number of hydrogen-bond acceptors (Lipinski definition) is 5. The van der Waals surface area contributed by atoms with Crippen molar-refractivity contribution >= 4 is 22.8 Å². The van der Waals surface area contributed by atoms with Crippen molar-refractivity contribution in [1.82, 2.24) is 19.7 Å². The largest absolute Gasteiger partial charge is 0.508 e. The number of aromatic nitrogens is 1. The van der Waals surface area contributed by atoms with Crippen molar-refractivity contribution in [2.24, 2.45) is 0 Å². The summed E-state index contributed by atoms with van der Waals surface area (Å²) in [6.45, 7) is 5.48. The number of nitrogens with one attached hydrogen (secondary N) is 1. The molecule has 0 bridgehead atoms. The Morgan fingerprint density at radius 2 is 2.08 bits per heavy atom. The molecule has 0 spiro atoms. The van der Waals surface area contributed by atoms with Crippen molar-refractivity contribution in [3.05, 3.63) is 59.3 Å². The standard InChI is InChI=1S/C28H30N4O4/c1-5-12-30(4)13-14-31-26(34)28(3)17-22-21-16-20(36-6-2)10-11-23(21)29-24(22)25(32(28)27(31)35)18-8-7-9-19(33)15-18/h1,7-11,15-16,25,29,33H,6,12-14,17H2,2-4H3/t25?,28-/m0/s1. The number of H-pyrrole nitrogens is 1. The van der Waals surface area contributed by atoms with Crippen molar-refractivity contribution in [2.45, 2.75) is 31.8 Å². The Bertz CT molecular complexity index is 1390. The van der Waals surface area contributed by atoms with Crippen LogP contribution in [0.5, 0.6) is 11.5 Å². The highest BCUT2D eigenvalue weighted by molar-refractivity contribution is 6.08. The molecule has 36 heavy (non-hydrogen) atoms. The average Bonchev–Trinajstić information content (AvgIpc) is 3.28. The summed E-state index contributed by atoms with van der Waals surface area (Å²) in [5.74, 6) is 3.20. The van der Waals surface area contributed by atoms with E-state index >= 15 is 0 Å². The number of phenols is 1. The lowest BCUT2D eigenvalue weighted by molar-refractivity contribution is -0.133. The van der Waals surface area contributed by atoms with Gasteiger partial charge in [0.1, 0.15) is 23.1 Å². The zero-order chi connectivity index (χ0) is 25.6. The number of aromatic hydroxyl groups is 1. The summed E-state index contributed by atoms with van der Waals surface area (Å²) in [5, 5.41) is 11.2. The smallest absolute Gasteiger partial charge is 0.328 e. The van der Waals surface area contributed by atoms with E-state index in [2.05, 4.69) is 10.9 Å². The lowest BCUT2D eigenvalue weighted by atomic mass is 9.81. The molecular weight excluding hydrogens is 456 g/mol. The first-order chi connectivity index (χ1) is 17.3. The minimum Gasteiger partial charge on any atom is -0.508 e. The molecule has 1 aromatic heterocycles. The molecule has 2 aliphatic rings. The molecule has 5 rings (SSSR count). The van der Waals surface area contributed by atoms with Gasteiger partial charge in [0.05, 0.1) is 13.2 Å². The van der Waals surface area contributed by atoms with Crippen LogP contribution in [0.1, 0.15) is 36.7 Å². The second-order valence-corrected chi connectivity index (χ2v) is 9.66. The van der Waals surface area contributed by atoms with Crippen LogP contribution in [0.3, 0.4) is 0 Å². The number of fused-ring (bicyclic) bond motifs is 4. The number of carbonyl (C=O) groups is 2. The number of urea groups is 1. The average molecular weight is 487 g/mol. The molecule has 3 amide bonds. The Morgan fingerprint density at radius 1 is 1.28 bits per heavy atom. The van der Waals surface area contributed by atoms with E-state index in [-0.39, 0.29) is 24.2 Å². The van der Waals surface area contributed by atoms with Crippen LogP contribution in [0.25, 0.3) is 10.9 Å². The summed E-state index contributed by atoms with van der Waals surface area (Å²) in [6.07, 6.45) is 5.78. The molecule has 3 aromatic rings. The summed E-state index contributed by atoms with van der Waals surface area (Å²) in [7, 11) is 1.86. The Kier molecular flexibility index (Phi) is 5.89. The van der Waals surface area contributed by atoms with E-state index in [0.29, 0.717) is 26.1 Å². The number of phenolic OH excluding ortho intramolecular Hbond substituents is 1. The summed E-state index contributed by atoms with van der Waals surface area (Å²) in [4.78, 5) is 36.1. The Hall–Kier alpha value is -3.96. The molecule has 1 saturated heterocycles. The van der Waals surface area contributed by atoms with Crippen LogP contribution in [0.2, 0.25) is 0 Å². The van der Waals surface area contributed by atoms with Crippen LogP contribution in [-0.2, 0) is 11.2 Å². The van der Waals surface area contributed by atoms with E-state index in [0.717, 1.165) is 33.5 Å². The molecule has 2 aliphatic heterocycles. The lowest BCUT2D eigenvalue weighted by Crippen LogP contribution is -2.53.